The van der Waals surface area contributed by atoms with Crippen LogP contribution in [0.15, 0.2) is 30.5 Å². The van der Waals surface area contributed by atoms with E-state index in [0.717, 1.165) is 10.9 Å². The van der Waals surface area contributed by atoms with E-state index in [1.165, 1.54) is 12.7 Å². The van der Waals surface area contributed by atoms with Gasteiger partial charge in [0.05, 0.1) is 7.11 Å². The maximum Gasteiger partial charge on any atom is 0.325 e. The summed E-state index contributed by atoms with van der Waals surface area (Å²) in [7, 11) is 1.41. The summed E-state index contributed by atoms with van der Waals surface area (Å²) in [6.07, 6.45) is 1.92. The quantitative estimate of drug-likeness (QED) is 0.761. The van der Waals surface area contributed by atoms with E-state index in [-0.39, 0.29) is 17.9 Å². The number of methoxy groups -OCH3 is 1. The molecule has 1 aromatic carbocycles. The molecule has 0 radical (unpaired) electrons. The van der Waals surface area contributed by atoms with Crippen molar-refractivity contribution in [3.8, 4) is 0 Å². The standard InChI is InChI=1S/C15H19NO2/c1-15(2,3)12-5-6-13-11(9-12)7-8-16(13)10-14(17)18-4/h5-9H,10H2,1-4H3. The lowest BCUT2D eigenvalue weighted by atomic mass is 9.86. The van der Waals surface area contributed by atoms with Gasteiger partial charge in [0.1, 0.15) is 6.54 Å². The lowest BCUT2D eigenvalue weighted by Gasteiger charge is -2.19. The van der Waals surface area contributed by atoms with Crippen LogP contribution in [0.1, 0.15) is 26.3 Å². The molecule has 0 atom stereocenters. The van der Waals surface area contributed by atoms with E-state index in [0.29, 0.717) is 0 Å². The Morgan fingerprint density at radius 1 is 1.28 bits per heavy atom. The van der Waals surface area contributed by atoms with E-state index in [2.05, 4.69) is 39.0 Å². The molecule has 0 bridgehead atoms. The molecule has 0 aliphatic heterocycles. The Kier molecular flexibility index (Phi) is 3.16. The number of rotatable bonds is 2. The monoisotopic (exact) mass is 245 g/mol. The smallest absolute Gasteiger partial charge is 0.325 e. The van der Waals surface area contributed by atoms with Crippen molar-refractivity contribution in [1.29, 1.82) is 0 Å². The molecule has 0 unspecified atom stereocenters. The Labute approximate surface area is 107 Å². The molecule has 1 heterocycles. The molecule has 0 aliphatic rings. The fourth-order valence-electron chi connectivity index (χ4n) is 2.01. The first kappa shape index (κ1) is 12.7. The second kappa shape index (κ2) is 4.48. The van der Waals surface area contributed by atoms with Crippen molar-refractivity contribution in [3.05, 3.63) is 36.0 Å². The van der Waals surface area contributed by atoms with Gasteiger partial charge in [0, 0.05) is 11.7 Å². The minimum Gasteiger partial charge on any atom is -0.468 e. The van der Waals surface area contributed by atoms with Gasteiger partial charge in [-0.25, -0.2) is 0 Å². The summed E-state index contributed by atoms with van der Waals surface area (Å²) in [5.74, 6) is -0.229. The molecule has 3 nitrogen and oxygen atoms in total. The predicted molar refractivity (Wildman–Crippen MR) is 72.7 cm³/mol. The van der Waals surface area contributed by atoms with E-state index in [1.807, 2.05) is 16.8 Å². The molecular weight excluding hydrogens is 226 g/mol. The first-order valence-electron chi connectivity index (χ1n) is 6.08. The fourth-order valence-corrected chi connectivity index (χ4v) is 2.01. The van der Waals surface area contributed by atoms with Crippen LogP contribution in [0.5, 0.6) is 0 Å². The summed E-state index contributed by atoms with van der Waals surface area (Å²) in [4.78, 5) is 11.3. The fraction of sp³-hybridized carbons (Fsp3) is 0.400. The Morgan fingerprint density at radius 3 is 2.61 bits per heavy atom. The minimum atomic E-state index is -0.229. The van der Waals surface area contributed by atoms with Crippen molar-refractivity contribution < 1.29 is 9.53 Å². The maximum absolute atomic E-state index is 11.3. The Balaban J connectivity index is 2.41. The van der Waals surface area contributed by atoms with Crippen LogP contribution in [0.2, 0.25) is 0 Å². The van der Waals surface area contributed by atoms with Crippen molar-refractivity contribution in [2.75, 3.05) is 7.11 Å². The zero-order chi connectivity index (χ0) is 13.3. The molecular formula is C15H19NO2. The van der Waals surface area contributed by atoms with Crippen LogP contribution < -0.4 is 0 Å². The molecule has 0 fully saturated rings. The van der Waals surface area contributed by atoms with Gasteiger partial charge < -0.3 is 9.30 Å². The number of esters is 1. The van der Waals surface area contributed by atoms with Crippen LogP contribution in [0.3, 0.4) is 0 Å². The topological polar surface area (TPSA) is 31.2 Å². The van der Waals surface area contributed by atoms with Crippen molar-refractivity contribution in [2.24, 2.45) is 0 Å². The first-order valence-corrected chi connectivity index (χ1v) is 6.08. The van der Waals surface area contributed by atoms with E-state index in [9.17, 15) is 4.79 Å². The highest BCUT2D eigenvalue weighted by Crippen LogP contribution is 2.26. The van der Waals surface area contributed by atoms with Gasteiger partial charge in [-0.2, -0.15) is 0 Å². The zero-order valence-electron chi connectivity index (χ0n) is 11.4. The largest absolute Gasteiger partial charge is 0.468 e. The first-order chi connectivity index (χ1) is 8.41. The second-order valence-electron chi connectivity index (χ2n) is 5.54. The number of hydrogen-bond donors (Lipinski definition) is 0. The number of fused-ring (bicyclic) bond motifs is 1. The van der Waals surface area contributed by atoms with Gasteiger partial charge in [-0.3, -0.25) is 4.79 Å². The summed E-state index contributed by atoms with van der Waals surface area (Å²) < 4.78 is 6.60. The van der Waals surface area contributed by atoms with Gasteiger partial charge >= 0.3 is 5.97 Å². The summed E-state index contributed by atoms with van der Waals surface area (Å²) in [6, 6.07) is 8.41. The van der Waals surface area contributed by atoms with Crippen molar-refractivity contribution >= 4 is 16.9 Å². The van der Waals surface area contributed by atoms with Gasteiger partial charge in [-0.1, -0.05) is 26.8 Å². The lowest BCUT2D eigenvalue weighted by Crippen LogP contribution is -2.12. The number of benzene rings is 1. The second-order valence-corrected chi connectivity index (χ2v) is 5.54. The van der Waals surface area contributed by atoms with Gasteiger partial charge in [0.15, 0.2) is 0 Å². The number of carbonyl (C=O) groups is 1. The zero-order valence-corrected chi connectivity index (χ0v) is 11.4. The third kappa shape index (κ3) is 2.40. The van der Waals surface area contributed by atoms with Crippen LogP contribution in [0.4, 0.5) is 0 Å². The van der Waals surface area contributed by atoms with E-state index in [1.54, 1.807) is 0 Å². The van der Waals surface area contributed by atoms with Gasteiger partial charge in [0.2, 0.25) is 0 Å². The molecule has 0 aliphatic carbocycles. The number of carbonyl (C=O) groups excluding carboxylic acids is 1. The van der Waals surface area contributed by atoms with Crippen molar-refractivity contribution in [2.45, 2.75) is 32.7 Å². The molecule has 0 saturated carbocycles. The number of hydrogen-bond acceptors (Lipinski definition) is 2. The molecule has 96 valence electrons. The molecule has 2 aromatic rings. The Morgan fingerprint density at radius 2 is 2.00 bits per heavy atom. The highest BCUT2D eigenvalue weighted by Gasteiger charge is 2.15. The van der Waals surface area contributed by atoms with Crippen LogP contribution in [0, 0.1) is 0 Å². The number of nitrogens with zero attached hydrogens (tertiary/aromatic N) is 1. The summed E-state index contributed by atoms with van der Waals surface area (Å²) in [5, 5.41) is 1.16. The third-order valence-corrected chi connectivity index (χ3v) is 3.16. The van der Waals surface area contributed by atoms with Gasteiger partial charge in [-0.15, -0.1) is 0 Å². The summed E-state index contributed by atoms with van der Waals surface area (Å²) in [5.41, 5.74) is 2.50. The Bertz CT molecular complexity index is 576. The summed E-state index contributed by atoms with van der Waals surface area (Å²) >= 11 is 0. The van der Waals surface area contributed by atoms with E-state index < -0.39 is 0 Å². The number of ether oxygens (including phenoxy) is 1. The predicted octanol–water partition coefficient (Wildman–Crippen LogP) is 3.11. The molecule has 1 aromatic heterocycles. The highest BCUT2D eigenvalue weighted by molar-refractivity contribution is 5.82. The van der Waals surface area contributed by atoms with Gasteiger partial charge in [0.25, 0.3) is 0 Å². The molecule has 0 N–H and O–H groups in total. The minimum absolute atomic E-state index is 0.138. The van der Waals surface area contributed by atoms with E-state index >= 15 is 0 Å². The Hall–Kier alpha value is -1.77. The normalized spacial score (nSPS) is 11.8. The molecule has 0 saturated heterocycles. The maximum atomic E-state index is 11.3. The highest BCUT2D eigenvalue weighted by atomic mass is 16.5. The molecule has 0 spiro atoms. The summed E-state index contributed by atoms with van der Waals surface area (Å²) in [6.45, 7) is 6.84. The average Bonchev–Trinajstić information content (AvgIpc) is 2.70. The average molecular weight is 245 g/mol. The van der Waals surface area contributed by atoms with E-state index in [4.69, 9.17) is 4.74 Å². The molecule has 2 rings (SSSR count). The van der Waals surface area contributed by atoms with Crippen LogP contribution in [-0.4, -0.2) is 17.6 Å². The van der Waals surface area contributed by atoms with Crippen LogP contribution in [0.25, 0.3) is 10.9 Å². The van der Waals surface area contributed by atoms with Crippen molar-refractivity contribution in [1.82, 2.24) is 4.57 Å². The van der Waals surface area contributed by atoms with Crippen molar-refractivity contribution in [3.63, 3.8) is 0 Å². The van der Waals surface area contributed by atoms with Crippen LogP contribution in [-0.2, 0) is 21.5 Å². The van der Waals surface area contributed by atoms with Crippen LogP contribution >= 0.6 is 0 Å². The molecule has 18 heavy (non-hydrogen) atoms. The SMILES string of the molecule is COC(=O)Cn1ccc2cc(C(C)(C)C)ccc21. The molecule has 0 amide bonds. The van der Waals surface area contributed by atoms with Gasteiger partial charge in [-0.05, 0) is 34.6 Å². The molecule has 3 heteroatoms. The third-order valence-electron chi connectivity index (χ3n) is 3.16. The lowest BCUT2D eigenvalue weighted by molar-refractivity contribution is -0.141. The number of aromatic nitrogens is 1.